The first kappa shape index (κ1) is 20.5. The van der Waals surface area contributed by atoms with E-state index in [-0.39, 0.29) is 11.7 Å². The van der Waals surface area contributed by atoms with E-state index in [2.05, 4.69) is 22.3 Å². The zero-order valence-corrected chi connectivity index (χ0v) is 16.5. The third kappa shape index (κ3) is 5.88. The summed E-state index contributed by atoms with van der Waals surface area (Å²) in [7, 11) is -1.93. The molecule has 7 nitrogen and oxygen atoms in total. The standard InChI is InChI=1S/C18H29N3O4S/c1-4-26(23,24)21-16-8-7-15(11-17(16)25-3)20-18(22)10-13(2)14-6-5-9-19-12-14/h7-8,11,13-14,19,21H,4-6,9-10,12H2,1-3H3,(H,20,22). The lowest BCUT2D eigenvalue weighted by molar-refractivity contribution is -0.117. The zero-order chi connectivity index (χ0) is 19.2. The van der Waals surface area contributed by atoms with Gasteiger partial charge >= 0.3 is 0 Å². The summed E-state index contributed by atoms with van der Waals surface area (Å²) >= 11 is 0. The molecule has 3 N–H and O–H groups in total. The Labute approximate surface area is 155 Å². The average molecular weight is 384 g/mol. The largest absolute Gasteiger partial charge is 0.494 e. The second-order valence-corrected chi connectivity index (χ2v) is 8.77. The van der Waals surface area contributed by atoms with E-state index in [0.717, 1.165) is 25.9 Å². The van der Waals surface area contributed by atoms with Gasteiger partial charge in [-0.05, 0) is 56.8 Å². The monoisotopic (exact) mass is 383 g/mol. The van der Waals surface area contributed by atoms with Crippen LogP contribution in [0.5, 0.6) is 5.75 Å². The van der Waals surface area contributed by atoms with Gasteiger partial charge in [-0.1, -0.05) is 6.92 Å². The van der Waals surface area contributed by atoms with Crippen molar-refractivity contribution in [1.29, 1.82) is 0 Å². The Hall–Kier alpha value is -1.80. The quantitative estimate of drug-likeness (QED) is 0.641. The van der Waals surface area contributed by atoms with E-state index in [4.69, 9.17) is 4.74 Å². The fourth-order valence-electron chi connectivity index (χ4n) is 3.13. The van der Waals surface area contributed by atoms with Crippen LogP contribution in [0, 0.1) is 11.8 Å². The molecule has 1 aliphatic rings. The number of anilines is 2. The van der Waals surface area contributed by atoms with Crippen LogP contribution < -0.4 is 20.1 Å². The number of benzene rings is 1. The smallest absolute Gasteiger partial charge is 0.232 e. The van der Waals surface area contributed by atoms with E-state index >= 15 is 0 Å². The number of hydrogen-bond acceptors (Lipinski definition) is 5. The van der Waals surface area contributed by atoms with Gasteiger partial charge in [-0.15, -0.1) is 0 Å². The van der Waals surface area contributed by atoms with Crippen LogP contribution in [-0.2, 0) is 14.8 Å². The van der Waals surface area contributed by atoms with Crippen LogP contribution in [0.15, 0.2) is 18.2 Å². The van der Waals surface area contributed by atoms with Crippen LogP contribution in [0.4, 0.5) is 11.4 Å². The number of hydrogen-bond donors (Lipinski definition) is 3. The Kier molecular flexibility index (Phi) is 7.28. The minimum absolute atomic E-state index is 0.0252. The number of ether oxygens (including phenoxy) is 1. The molecule has 1 aromatic carbocycles. The van der Waals surface area contributed by atoms with Crippen molar-refractivity contribution in [2.24, 2.45) is 11.8 Å². The van der Waals surface area contributed by atoms with Crippen molar-refractivity contribution in [2.75, 3.05) is 36.0 Å². The predicted octanol–water partition coefficient (Wildman–Crippen LogP) is 2.42. The van der Waals surface area contributed by atoms with E-state index in [1.807, 2.05) is 0 Å². The van der Waals surface area contributed by atoms with Gasteiger partial charge in [0, 0.05) is 18.2 Å². The molecule has 0 aromatic heterocycles. The summed E-state index contributed by atoms with van der Waals surface area (Å²) in [5.41, 5.74) is 0.939. The lowest BCUT2D eigenvalue weighted by atomic mass is 9.85. The summed E-state index contributed by atoms with van der Waals surface area (Å²) in [6, 6.07) is 4.88. The number of nitrogens with one attached hydrogen (secondary N) is 3. The first-order valence-corrected chi connectivity index (χ1v) is 10.7. The molecular formula is C18H29N3O4S. The molecule has 1 aliphatic heterocycles. The lowest BCUT2D eigenvalue weighted by Crippen LogP contribution is -2.34. The van der Waals surface area contributed by atoms with Crippen molar-refractivity contribution in [3.8, 4) is 5.75 Å². The second-order valence-electron chi connectivity index (χ2n) is 6.76. The minimum atomic E-state index is -3.39. The van der Waals surface area contributed by atoms with E-state index in [0.29, 0.717) is 35.4 Å². The summed E-state index contributed by atoms with van der Waals surface area (Å²) in [4.78, 5) is 12.3. The van der Waals surface area contributed by atoms with Crippen LogP contribution in [0.1, 0.15) is 33.1 Å². The SMILES string of the molecule is CCS(=O)(=O)Nc1ccc(NC(=O)CC(C)C2CCCNC2)cc1OC. The molecule has 1 saturated heterocycles. The Bertz CT molecular complexity index is 715. The van der Waals surface area contributed by atoms with Crippen molar-refractivity contribution in [3.63, 3.8) is 0 Å². The molecular weight excluding hydrogens is 354 g/mol. The average Bonchev–Trinajstić information content (AvgIpc) is 2.63. The first-order valence-electron chi connectivity index (χ1n) is 9.03. The molecule has 1 fully saturated rings. The van der Waals surface area contributed by atoms with E-state index in [1.165, 1.54) is 7.11 Å². The van der Waals surface area contributed by atoms with E-state index < -0.39 is 10.0 Å². The molecule has 0 spiro atoms. The maximum Gasteiger partial charge on any atom is 0.232 e. The molecule has 26 heavy (non-hydrogen) atoms. The number of sulfonamides is 1. The molecule has 1 aromatic rings. The highest BCUT2D eigenvalue weighted by Crippen LogP contribution is 2.29. The topological polar surface area (TPSA) is 96.5 Å². The van der Waals surface area contributed by atoms with Crippen molar-refractivity contribution in [3.05, 3.63) is 18.2 Å². The maximum atomic E-state index is 12.3. The van der Waals surface area contributed by atoms with Gasteiger partial charge < -0.3 is 15.4 Å². The van der Waals surface area contributed by atoms with Gasteiger partial charge in [0.25, 0.3) is 0 Å². The van der Waals surface area contributed by atoms with Crippen LogP contribution in [0.2, 0.25) is 0 Å². The Balaban J connectivity index is 1.99. The van der Waals surface area contributed by atoms with Crippen molar-refractivity contribution in [1.82, 2.24) is 5.32 Å². The third-order valence-electron chi connectivity index (χ3n) is 4.78. The highest BCUT2D eigenvalue weighted by molar-refractivity contribution is 7.92. The van der Waals surface area contributed by atoms with Crippen LogP contribution >= 0.6 is 0 Å². The summed E-state index contributed by atoms with van der Waals surface area (Å²) in [6.07, 6.45) is 2.77. The molecule has 1 amide bonds. The number of piperidine rings is 1. The lowest BCUT2D eigenvalue weighted by Gasteiger charge is -2.28. The number of rotatable bonds is 8. The van der Waals surface area contributed by atoms with Gasteiger partial charge in [0.15, 0.2) is 0 Å². The molecule has 0 bridgehead atoms. The van der Waals surface area contributed by atoms with Gasteiger partial charge in [0.1, 0.15) is 5.75 Å². The van der Waals surface area contributed by atoms with Gasteiger partial charge in [-0.2, -0.15) is 0 Å². The molecule has 1 heterocycles. The number of methoxy groups -OCH3 is 1. The summed E-state index contributed by atoms with van der Waals surface area (Å²) in [5, 5.41) is 6.25. The fraction of sp³-hybridized carbons (Fsp3) is 0.611. The normalized spacial score (nSPS) is 18.8. The molecule has 2 atom stereocenters. The highest BCUT2D eigenvalue weighted by atomic mass is 32.2. The van der Waals surface area contributed by atoms with Crippen molar-refractivity contribution >= 4 is 27.3 Å². The zero-order valence-electron chi connectivity index (χ0n) is 15.7. The molecule has 146 valence electrons. The highest BCUT2D eigenvalue weighted by Gasteiger charge is 2.22. The van der Waals surface area contributed by atoms with Crippen molar-refractivity contribution < 1.29 is 17.9 Å². The predicted molar refractivity (Wildman–Crippen MR) is 104 cm³/mol. The second kappa shape index (κ2) is 9.23. The summed E-state index contributed by atoms with van der Waals surface area (Å²) in [5.74, 6) is 1.12. The summed E-state index contributed by atoms with van der Waals surface area (Å²) < 4.78 is 31.2. The number of amides is 1. The molecule has 0 aliphatic carbocycles. The van der Waals surface area contributed by atoms with E-state index in [1.54, 1.807) is 25.1 Å². The first-order chi connectivity index (χ1) is 12.3. The van der Waals surface area contributed by atoms with Gasteiger partial charge in [0.05, 0.1) is 18.6 Å². The third-order valence-corrected chi connectivity index (χ3v) is 6.07. The van der Waals surface area contributed by atoms with Gasteiger partial charge in [-0.3, -0.25) is 9.52 Å². The maximum absolute atomic E-state index is 12.3. The van der Waals surface area contributed by atoms with E-state index in [9.17, 15) is 13.2 Å². The Morgan fingerprint density at radius 2 is 2.19 bits per heavy atom. The molecule has 2 unspecified atom stereocenters. The fourth-order valence-corrected chi connectivity index (χ4v) is 3.78. The Morgan fingerprint density at radius 3 is 2.81 bits per heavy atom. The van der Waals surface area contributed by atoms with Crippen LogP contribution in [0.3, 0.4) is 0 Å². The molecule has 2 rings (SSSR count). The minimum Gasteiger partial charge on any atom is -0.494 e. The van der Waals surface area contributed by atoms with Gasteiger partial charge in [-0.25, -0.2) is 8.42 Å². The summed E-state index contributed by atoms with van der Waals surface area (Å²) in [6.45, 7) is 5.70. The Morgan fingerprint density at radius 1 is 1.42 bits per heavy atom. The molecule has 8 heteroatoms. The molecule has 0 radical (unpaired) electrons. The number of carbonyl (C=O) groups is 1. The van der Waals surface area contributed by atoms with Crippen LogP contribution in [0.25, 0.3) is 0 Å². The van der Waals surface area contributed by atoms with Crippen molar-refractivity contribution in [2.45, 2.75) is 33.1 Å². The van der Waals surface area contributed by atoms with Crippen LogP contribution in [-0.4, -0.2) is 40.3 Å². The molecule has 0 saturated carbocycles. The number of carbonyl (C=O) groups excluding carboxylic acids is 1. The van der Waals surface area contributed by atoms with Gasteiger partial charge in [0.2, 0.25) is 15.9 Å².